The summed E-state index contributed by atoms with van der Waals surface area (Å²) < 4.78 is 10.3. The summed E-state index contributed by atoms with van der Waals surface area (Å²) in [6.07, 6.45) is -0.751. The first-order valence-electron chi connectivity index (χ1n) is 6.99. The van der Waals surface area contributed by atoms with Crippen LogP contribution in [0.4, 0.5) is 0 Å². The zero-order chi connectivity index (χ0) is 15.6. The molecular weight excluding hydrogens is 276 g/mol. The minimum atomic E-state index is -1.02. The molecule has 0 saturated carbocycles. The van der Waals surface area contributed by atoms with Crippen molar-refractivity contribution >= 4 is 11.9 Å². The predicted molar refractivity (Wildman–Crippen MR) is 72.9 cm³/mol. The van der Waals surface area contributed by atoms with Gasteiger partial charge in [-0.05, 0) is 26.7 Å². The van der Waals surface area contributed by atoms with Crippen LogP contribution in [0.25, 0.3) is 0 Å². The zero-order valence-corrected chi connectivity index (χ0v) is 12.4. The molecule has 0 aromatic carbocycles. The van der Waals surface area contributed by atoms with Crippen molar-refractivity contribution in [3.8, 4) is 0 Å². The summed E-state index contributed by atoms with van der Waals surface area (Å²) in [7, 11) is 0. The van der Waals surface area contributed by atoms with Gasteiger partial charge in [-0.25, -0.2) is 4.79 Å². The fourth-order valence-corrected chi connectivity index (χ4v) is 2.67. The maximum atomic E-state index is 12.0. The van der Waals surface area contributed by atoms with Gasteiger partial charge in [0.15, 0.2) is 6.10 Å². The van der Waals surface area contributed by atoms with E-state index >= 15 is 0 Å². The largest absolute Gasteiger partial charge is 0.479 e. The Morgan fingerprint density at radius 1 is 1.38 bits per heavy atom. The predicted octanol–water partition coefficient (Wildman–Crippen LogP) is 1.14. The molecule has 2 heterocycles. The molecule has 0 aliphatic carbocycles. The number of rotatable bonds is 5. The van der Waals surface area contributed by atoms with Gasteiger partial charge in [0.1, 0.15) is 11.9 Å². The lowest BCUT2D eigenvalue weighted by Crippen LogP contribution is -2.37. The topological polar surface area (TPSA) is 102 Å². The second-order valence-electron chi connectivity index (χ2n) is 5.41. The average Bonchev–Trinajstić information content (AvgIpc) is 3.03. The van der Waals surface area contributed by atoms with Crippen LogP contribution in [0, 0.1) is 13.8 Å². The number of aromatic nitrogens is 1. The van der Waals surface area contributed by atoms with Gasteiger partial charge in [0, 0.05) is 18.0 Å². The highest BCUT2D eigenvalue weighted by molar-refractivity contribution is 5.82. The summed E-state index contributed by atoms with van der Waals surface area (Å²) in [5.41, 5.74) is 1.81. The lowest BCUT2D eigenvalue weighted by Gasteiger charge is -2.15. The number of hydrogen-bond acceptors (Lipinski definition) is 5. The molecule has 1 aromatic heterocycles. The number of carboxylic acid groups (broad SMARTS) is 1. The third kappa shape index (κ3) is 3.41. The van der Waals surface area contributed by atoms with E-state index in [9.17, 15) is 9.59 Å². The van der Waals surface area contributed by atoms with Crippen LogP contribution < -0.4 is 5.32 Å². The van der Waals surface area contributed by atoms with Gasteiger partial charge in [0.05, 0.1) is 5.69 Å². The number of carboxylic acids is 1. The van der Waals surface area contributed by atoms with Crippen LogP contribution in [0.2, 0.25) is 0 Å². The number of nitrogens with zero attached hydrogens (tertiary/aromatic N) is 1. The molecule has 7 nitrogen and oxygen atoms in total. The quantitative estimate of drug-likeness (QED) is 0.845. The Labute approximate surface area is 122 Å². The van der Waals surface area contributed by atoms with Crippen molar-refractivity contribution in [1.82, 2.24) is 10.5 Å². The number of ether oxygens (including phenoxy) is 1. The summed E-state index contributed by atoms with van der Waals surface area (Å²) >= 11 is 0. The van der Waals surface area contributed by atoms with Crippen molar-refractivity contribution in [1.29, 1.82) is 0 Å². The van der Waals surface area contributed by atoms with E-state index in [-0.39, 0.29) is 11.8 Å². The first-order valence-corrected chi connectivity index (χ1v) is 6.99. The molecule has 1 unspecified atom stereocenters. The number of hydrogen-bond donors (Lipinski definition) is 2. The Hall–Kier alpha value is -1.89. The van der Waals surface area contributed by atoms with Crippen molar-refractivity contribution in [2.75, 3.05) is 6.54 Å². The second-order valence-corrected chi connectivity index (χ2v) is 5.41. The Morgan fingerprint density at radius 3 is 2.57 bits per heavy atom. The standard InChI is InChI=1S/C14H20N2O5/c1-7(12-8(2)16-21-9(12)3)6-15-13(17)10-4-5-11(20-10)14(18)19/h7,10-11H,4-6H2,1-3H3,(H,15,17)(H,18,19)/t7?,10-,11+/m0/s1. The molecule has 0 spiro atoms. The van der Waals surface area contributed by atoms with Crippen molar-refractivity contribution in [2.45, 2.75) is 51.7 Å². The number of aliphatic carboxylic acids is 1. The van der Waals surface area contributed by atoms with Gasteiger partial charge in [0.2, 0.25) is 5.91 Å². The van der Waals surface area contributed by atoms with E-state index in [4.69, 9.17) is 14.4 Å². The van der Waals surface area contributed by atoms with E-state index in [1.54, 1.807) is 0 Å². The minimum absolute atomic E-state index is 0.0665. The van der Waals surface area contributed by atoms with Crippen LogP contribution in [0.3, 0.4) is 0 Å². The van der Waals surface area contributed by atoms with Crippen LogP contribution in [0.1, 0.15) is 42.7 Å². The molecule has 1 saturated heterocycles. The minimum Gasteiger partial charge on any atom is -0.479 e. The van der Waals surface area contributed by atoms with Crippen molar-refractivity contribution in [2.24, 2.45) is 0 Å². The van der Waals surface area contributed by atoms with Crippen molar-refractivity contribution in [3.05, 3.63) is 17.0 Å². The molecule has 3 atom stereocenters. The Morgan fingerprint density at radius 2 is 2.05 bits per heavy atom. The SMILES string of the molecule is Cc1noc(C)c1C(C)CNC(=O)[C@@H]1CC[C@H](C(=O)O)O1. The van der Waals surface area contributed by atoms with Crippen LogP contribution in [-0.4, -0.2) is 40.9 Å². The maximum Gasteiger partial charge on any atom is 0.332 e. The average molecular weight is 296 g/mol. The third-order valence-electron chi connectivity index (χ3n) is 3.75. The molecule has 0 bridgehead atoms. The molecule has 1 fully saturated rings. The molecule has 2 rings (SSSR count). The number of carbonyl (C=O) groups excluding carboxylic acids is 1. The van der Waals surface area contributed by atoms with Gasteiger partial charge in [-0.3, -0.25) is 4.79 Å². The van der Waals surface area contributed by atoms with Crippen LogP contribution in [0.15, 0.2) is 4.52 Å². The van der Waals surface area contributed by atoms with Gasteiger partial charge in [-0.2, -0.15) is 0 Å². The lowest BCUT2D eigenvalue weighted by atomic mass is 9.99. The van der Waals surface area contributed by atoms with E-state index in [0.717, 1.165) is 17.0 Å². The summed E-state index contributed by atoms with van der Waals surface area (Å²) in [4.78, 5) is 22.8. The molecular formula is C14H20N2O5. The molecule has 1 aliphatic heterocycles. The molecule has 7 heteroatoms. The highest BCUT2D eigenvalue weighted by Gasteiger charge is 2.34. The van der Waals surface area contributed by atoms with Crippen LogP contribution in [-0.2, 0) is 14.3 Å². The van der Waals surface area contributed by atoms with Crippen molar-refractivity contribution in [3.63, 3.8) is 0 Å². The second kappa shape index (κ2) is 6.26. The van der Waals surface area contributed by atoms with E-state index in [0.29, 0.717) is 19.4 Å². The fraction of sp³-hybridized carbons (Fsp3) is 0.643. The van der Waals surface area contributed by atoms with E-state index in [1.165, 1.54) is 0 Å². The Kier molecular flexibility index (Phi) is 4.62. The maximum absolute atomic E-state index is 12.0. The zero-order valence-electron chi connectivity index (χ0n) is 12.4. The smallest absolute Gasteiger partial charge is 0.332 e. The summed E-state index contributed by atoms with van der Waals surface area (Å²) in [5.74, 6) is -0.471. The van der Waals surface area contributed by atoms with Gasteiger partial charge in [0.25, 0.3) is 0 Å². The van der Waals surface area contributed by atoms with Gasteiger partial charge >= 0.3 is 5.97 Å². The fourth-order valence-electron chi connectivity index (χ4n) is 2.67. The summed E-state index contributed by atoms with van der Waals surface area (Å²) in [5, 5.41) is 15.5. The van der Waals surface area contributed by atoms with Gasteiger partial charge < -0.3 is 19.7 Å². The van der Waals surface area contributed by atoms with Gasteiger partial charge in [-0.1, -0.05) is 12.1 Å². The lowest BCUT2D eigenvalue weighted by molar-refractivity contribution is -0.151. The highest BCUT2D eigenvalue weighted by atomic mass is 16.5. The molecule has 1 aliphatic rings. The first kappa shape index (κ1) is 15.5. The monoisotopic (exact) mass is 296 g/mol. The van der Waals surface area contributed by atoms with Crippen LogP contribution in [0.5, 0.6) is 0 Å². The first-order chi connectivity index (χ1) is 9.90. The number of amides is 1. The van der Waals surface area contributed by atoms with Gasteiger partial charge in [-0.15, -0.1) is 0 Å². The molecule has 2 N–H and O–H groups in total. The van der Waals surface area contributed by atoms with Crippen LogP contribution >= 0.6 is 0 Å². The number of nitrogens with one attached hydrogen (secondary N) is 1. The van der Waals surface area contributed by atoms with E-state index in [2.05, 4.69) is 10.5 Å². The summed E-state index contributed by atoms with van der Waals surface area (Å²) in [6.45, 7) is 6.11. The summed E-state index contributed by atoms with van der Waals surface area (Å²) in [6, 6.07) is 0. The third-order valence-corrected chi connectivity index (χ3v) is 3.75. The Balaban J connectivity index is 1.86. The number of carbonyl (C=O) groups is 2. The number of aryl methyl sites for hydroxylation is 2. The molecule has 1 aromatic rings. The van der Waals surface area contributed by atoms with E-state index < -0.39 is 18.2 Å². The highest BCUT2D eigenvalue weighted by Crippen LogP contribution is 2.23. The Bertz CT molecular complexity index is 520. The van der Waals surface area contributed by atoms with Crippen molar-refractivity contribution < 1.29 is 24.0 Å². The van der Waals surface area contributed by atoms with E-state index in [1.807, 2.05) is 20.8 Å². The molecule has 0 radical (unpaired) electrons. The normalized spacial score (nSPS) is 23.0. The molecule has 1 amide bonds. The molecule has 21 heavy (non-hydrogen) atoms. The molecule has 116 valence electrons.